The van der Waals surface area contributed by atoms with Gasteiger partial charge < -0.3 is 5.11 Å². The highest BCUT2D eigenvalue weighted by Crippen LogP contribution is 2.29. The second-order valence-corrected chi connectivity index (χ2v) is 6.83. The van der Waals surface area contributed by atoms with Crippen molar-refractivity contribution in [3.63, 3.8) is 0 Å². The van der Waals surface area contributed by atoms with Gasteiger partial charge in [0.2, 0.25) is 10.0 Å². The average molecular weight is 269 g/mol. The van der Waals surface area contributed by atoms with Crippen LogP contribution in [-0.2, 0) is 16.6 Å². The van der Waals surface area contributed by atoms with E-state index in [1.165, 1.54) is 4.31 Å². The Morgan fingerprint density at radius 2 is 2.06 bits per heavy atom. The van der Waals surface area contributed by atoms with Crippen molar-refractivity contribution in [2.75, 3.05) is 7.05 Å². The quantitative estimate of drug-likeness (QED) is 0.904. The van der Waals surface area contributed by atoms with Gasteiger partial charge in [-0.15, -0.1) is 0 Å². The van der Waals surface area contributed by atoms with Crippen LogP contribution in [0.4, 0.5) is 0 Å². The van der Waals surface area contributed by atoms with E-state index in [2.05, 4.69) is 0 Å². The summed E-state index contributed by atoms with van der Waals surface area (Å²) >= 11 is 0. The second-order valence-electron chi connectivity index (χ2n) is 4.86. The molecule has 2 rings (SSSR count). The first-order chi connectivity index (χ1) is 8.46. The second kappa shape index (κ2) is 4.99. The summed E-state index contributed by atoms with van der Waals surface area (Å²) in [4.78, 5) is 0.309. The Bertz CT molecular complexity index is 535. The van der Waals surface area contributed by atoms with Crippen LogP contribution in [0.1, 0.15) is 30.4 Å². The summed E-state index contributed by atoms with van der Waals surface area (Å²) < 4.78 is 26.5. The number of nitrogens with zero attached hydrogens (tertiary/aromatic N) is 1. The molecule has 0 atom stereocenters. The van der Waals surface area contributed by atoms with E-state index in [-0.39, 0.29) is 12.6 Å². The molecule has 0 amide bonds. The van der Waals surface area contributed by atoms with E-state index in [4.69, 9.17) is 5.11 Å². The maximum absolute atomic E-state index is 12.5. The van der Waals surface area contributed by atoms with Gasteiger partial charge in [0.15, 0.2) is 0 Å². The smallest absolute Gasteiger partial charge is 0.243 e. The van der Waals surface area contributed by atoms with Crippen LogP contribution in [0.3, 0.4) is 0 Å². The third kappa shape index (κ3) is 2.30. The SMILES string of the molecule is Cc1ccc(CO)cc1S(=O)(=O)N(C)C1CCC1. The van der Waals surface area contributed by atoms with E-state index in [1.54, 1.807) is 32.2 Å². The summed E-state index contributed by atoms with van der Waals surface area (Å²) in [5.41, 5.74) is 1.35. The summed E-state index contributed by atoms with van der Waals surface area (Å²) in [6, 6.07) is 5.19. The lowest BCUT2D eigenvalue weighted by Gasteiger charge is -2.34. The fraction of sp³-hybridized carbons (Fsp3) is 0.538. The first-order valence-electron chi connectivity index (χ1n) is 6.15. The monoisotopic (exact) mass is 269 g/mol. The van der Waals surface area contributed by atoms with Gasteiger partial charge >= 0.3 is 0 Å². The summed E-state index contributed by atoms with van der Waals surface area (Å²) in [6.07, 6.45) is 2.98. The van der Waals surface area contributed by atoms with Crippen molar-refractivity contribution in [2.45, 2.75) is 43.7 Å². The van der Waals surface area contributed by atoms with Crippen LogP contribution in [0, 0.1) is 6.92 Å². The maximum atomic E-state index is 12.5. The maximum Gasteiger partial charge on any atom is 0.243 e. The standard InChI is InChI=1S/C13H19NO3S/c1-10-6-7-11(9-15)8-13(10)18(16,17)14(2)12-4-3-5-12/h6-8,12,15H,3-5,9H2,1-2H3. The van der Waals surface area contributed by atoms with Crippen LogP contribution >= 0.6 is 0 Å². The molecule has 0 saturated heterocycles. The molecule has 4 nitrogen and oxygen atoms in total. The zero-order valence-electron chi connectivity index (χ0n) is 10.8. The Balaban J connectivity index is 2.39. The largest absolute Gasteiger partial charge is 0.392 e. The van der Waals surface area contributed by atoms with Gasteiger partial charge in [-0.25, -0.2) is 8.42 Å². The van der Waals surface area contributed by atoms with E-state index in [0.29, 0.717) is 10.5 Å². The molecule has 1 aromatic carbocycles. The van der Waals surface area contributed by atoms with E-state index in [0.717, 1.165) is 24.8 Å². The normalized spacial score (nSPS) is 16.9. The van der Waals surface area contributed by atoms with Crippen LogP contribution in [0.2, 0.25) is 0 Å². The molecule has 0 aliphatic heterocycles. The molecule has 18 heavy (non-hydrogen) atoms. The summed E-state index contributed by atoms with van der Waals surface area (Å²) in [7, 11) is -1.80. The summed E-state index contributed by atoms with van der Waals surface area (Å²) in [5, 5.41) is 9.12. The first kappa shape index (κ1) is 13.5. The van der Waals surface area contributed by atoms with E-state index in [9.17, 15) is 8.42 Å². The fourth-order valence-corrected chi connectivity index (χ4v) is 3.81. The Morgan fingerprint density at radius 3 is 2.56 bits per heavy atom. The molecule has 0 unspecified atom stereocenters. The molecule has 0 bridgehead atoms. The molecule has 100 valence electrons. The molecule has 1 aliphatic carbocycles. The lowest BCUT2D eigenvalue weighted by molar-refractivity contribution is 0.249. The van der Waals surface area contributed by atoms with Crippen LogP contribution in [0.25, 0.3) is 0 Å². The van der Waals surface area contributed by atoms with Crippen molar-refractivity contribution < 1.29 is 13.5 Å². The Kier molecular flexibility index (Phi) is 3.75. The van der Waals surface area contributed by atoms with Gasteiger partial charge in [0.1, 0.15) is 0 Å². The third-order valence-corrected chi connectivity index (χ3v) is 5.73. The van der Waals surface area contributed by atoms with Crippen molar-refractivity contribution in [1.29, 1.82) is 0 Å². The number of rotatable bonds is 4. The summed E-state index contributed by atoms with van der Waals surface area (Å²) in [5.74, 6) is 0. The van der Waals surface area contributed by atoms with E-state index in [1.807, 2.05) is 0 Å². The van der Waals surface area contributed by atoms with Crippen molar-refractivity contribution >= 4 is 10.0 Å². The van der Waals surface area contributed by atoms with Crippen molar-refractivity contribution in [1.82, 2.24) is 4.31 Å². The highest BCUT2D eigenvalue weighted by molar-refractivity contribution is 7.89. The van der Waals surface area contributed by atoms with Crippen LogP contribution in [-0.4, -0.2) is 30.9 Å². The number of aryl methyl sites for hydroxylation is 1. The van der Waals surface area contributed by atoms with E-state index >= 15 is 0 Å². The van der Waals surface area contributed by atoms with Gasteiger partial charge in [0, 0.05) is 13.1 Å². The number of hydrogen-bond acceptors (Lipinski definition) is 3. The molecule has 0 aromatic heterocycles. The molecule has 1 fully saturated rings. The van der Waals surface area contributed by atoms with Crippen molar-refractivity contribution in [2.24, 2.45) is 0 Å². The third-order valence-electron chi connectivity index (χ3n) is 3.68. The Morgan fingerprint density at radius 1 is 1.39 bits per heavy atom. The number of sulfonamides is 1. The lowest BCUT2D eigenvalue weighted by atomic mass is 9.94. The van der Waals surface area contributed by atoms with E-state index < -0.39 is 10.0 Å². The zero-order chi connectivity index (χ0) is 13.3. The molecular formula is C13H19NO3S. The molecule has 0 spiro atoms. The molecule has 1 saturated carbocycles. The predicted octanol–water partition coefficient (Wildman–Crippen LogP) is 1.66. The Hall–Kier alpha value is -0.910. The van der Waals surface area contributed by atoms with Crippen molar-refractivity contribution in [3.05, 3.63) is 29.3 Å². The van der Waals surface area contributed by atoms with Crippen molar-refractivity contribution in [3.8, 4) is 0 Å². The fourth-order valence-electron chi connectivity index (χ4n) is 2.12. The Labute approximate surface area is 108 Å². The van der Waals surface area contributed by atoms with Gasteiger partial charge in [-0.1, -0.05) is 18.6 Å². The highest BCUT2D eigenvalue weighted by atomic mass is 32.2. The van der Waals surface area contributed by atoms with Gasteiger partial charge in [-0.2, -0.15) is 4.31 Å². The van der Waals surface area contributed by atoms with Gasteiger partial charge in [0.25, 0.3) is 0 Å². The summed E-state index contributed by atoms with van der Waals surface area (Å²) in [6.45, 7) is 1.64. The minimum Gasteiger partial charge on any atom is -0.392 e. The number of benzene rings is 1. The molecule has 0 radical (unpaired) electrons. The lowest BCUT2D eigenvalue weighted by Crippen LogP contribution is -2.41. The topological polar surface area (TPSA) is 57.6 Å². The molecule has 1 N–H and O–H groups in total. The van der Waals surface area contributed by atoms with Crippen LogP contribution in [0.5, 0.6) is 0 Å². The molecule has 5 heteroatoms. The highest BCUT2D eigenvalue weighted by Gasteiger charge is 2.32. The average Bonchev–Trinajstić information content (AvgIpc) is 2.27. The molecule has 0 heterocycles. The van der Waals surface area contributed by atoms with Gasteiger partial charge in [-0.3, -0.25) is 0 Å². The molecular weight excluding hydrogens is 250 g/mol. The number of aliphatic hydroxyl groups is 1. The minimum atomic E-state index is -3.44. The predicted molar refractivity (Wildman–Crippen MR) is 69.7 cm³/mol. The number of aliphatic hydroxyl groups excluding tert-OH is 1. The zero-order valence-corrected chi connectivity index (χ0v) is 11.6. The van der Waals surface area contributed by atoms with Gasteiger partial charge in [-0.05, 0) is 37.0 Å². The van der Waals surface area contributed by atoms with Crippen LogP contribution in [0.15, 0.2) is 23.1 Å². The van der Waals surface area contributed by atoms with Crippen LogP contribution < -0.4 is 0 Å². The number of hydrogen-bond donors (Lipinski definition) is 1. The minimum absolute atomic E-state index is 0.132. The first-order valence-corrected chi connectivity index (χ1v) is 7.59. The van der Waals surface area contributed by atoms with Gasteiger partial charge in [0.05, 0.1) is 11.5 Å². The molecule has 1 aromatic rings. The molecule has 1 aliphatic rings.